The SMILES string of the molecule is CCCC(Cc1cccs1)NC(=O)c1ccc2[nH]nc(NC(=O)c3ccc(F)cc3)c2c1. The van der Waals surface area contributed by atoms with E-state index in [1.165, 1.54) is 29.1 Å². The van der Waals surface area contributed by atoms with Gasteiger partial charge in [0.05, 0.1) is 5.52 Å². The van der Waals surface area contributed by atoms with Crippen LogP contribution in [0.25, 0.3) is 10.9 Å². The average Bonchev–Trinajstić information content (AvgIpc) is 3.44. The molecule has 2 heterocycles. The molecule has 1 unspecified atom stereocenters. The highest BCUT2D eigenvalue weighted by molar-refractivity contribution is 7.09. The number of hydrogen-bond donors (Lipinski definition) is 3. The first-order valence-corrected chi connectivity index (χ1v) is 11.3. The number of benzene rings is 2. The van der Waals surface area contributed by atoms with Crippen LogP contribution in [0.3, 0.4) is 0 Å². The molecule has 0 bridgehead atoms. The molecule has 0 aliphatic carbocycles. The van der Waals surface area contributed by atoms with Crippen molar-refractivity contribution in [1.29, 1.82) is 0 Å². The Labute approximate surface area is 188 Å². The van der Waals surface area contributed by atoms with Gasteiger partial charge in [0.2, 0.25) is 0 Å². The molecule has 2 aromatic carbocycles. The van der Waals surface area contributed by atoms with Crippen LogP contribution >= 0.6 is 11.3 Å². The zero-order valence-electron chi connectivity index (χ0n) is 17.5. The molecule has 4 aromatic rings. The van der Waals surface area contributed by atoms with Crippen LogP contribution in [0.1, 0.15) is 45.4 Å². The number of nitrogens with one attached hydrogen (secondary N) is 3. The third kappa shape index (κ3) is 5.03. The Hall–Kier alpha value is -3.52. The minimum absolute atomic E-state index is 0.0452. The summed E-state index contributed by atoms with van der Waals surface area (Å²) in [6, 6.07) is 14.6. The lowest BCUT2D eigenvalue weighted by Gasteiger charge is -2.17. The largest absolute Gasteiger partial charge is 0.349 e. The van der Waals surface area contributed by atoms with Crippen LogP contribution in [0, 0.1) is 5.82 Å². The summed E-state index contributed by atoms with van der Waals surface area (Å²) in [6.45, 7) is 2.10. The molecule has 0 saturated heterocycles. The number of thiophene rings is 1. The van der Waals surface area contributed by atoms with Crippen molar-refractivity contribution in [3.63, 3.8) is 0 Å². The van der Waals surface area contributed by atoms with Crippen LogP contribution in [-0.4, -0.2) is 28.1 Å². The number of carbonyl (C=O) groups is 2. The molecule has 0 saturated carbocycles. The third-order valence-electron chi connectivity index (χ3n) is 5.16. The topological polar surface area (TPSA) is 86.9 Å². The number of aromatic nitrogens is 2. The number of amides is 2. The van der Waals surface area contributed by atoms with Gasteiger partial charge >= 0.3 is 0 Å². The minimum Gasteiger partial charge on any atom is -0.349 e. The summed E-state index contributed by atoms with van der Waals surface area (Å²) in [7, 11) is 0. The van der Waals surface area contributed by atoms with E-state index >= 15 is 0 Å². The van der Waals surface area contributed by atoms with E-state index in [1.807, 2.05) is 11.4 Å². The molecule has 8 heteroatoms. The number of H-pyrrole nitrogens is 1. The van der Waals surface area contributed by atoms with Crippen LogP contribution in [0.2, 0.25) is 0 Å². The van der Waals surface area contributed by atoms with Gasteiger partial charge in [-0.05, 0) is 60.3 Å². The minimum atomic E-state index is -0.414. The van der Waals surface area contributed by atoms with E-state index in [-0.39, 0.29) is 11.9 Å². The molecule has 3 N–H and O–H groups in total. The lowest BCUT2D eigenvalue weighted by molar-refractivity contribution is 0.0934. The fourth-order valence-corrected chi connectivity index (χ4v) is 4.33. The lowest BCUT2D eigenvalue weighted by Crippen LogP contribution is -2.36. The van der Waals surface area contributed by atoms with Gasteiger partial charge in [-0.25, -0.2) is 4.39 Å². The first-order chi connectivity index (χ1) is 15.5. The molecule has 0 fully saturated rings. The Kier molecular flexibility index (Phi) is 6.61. The van der Waals surface area contributed by atoms with E-state index < -0.39 is 11.7 Å². The van der Waals surface area contributed by atoms with Gasteiger partial charge in [-0.15, -0.1) is 11.3 Å². The van der Waals surface area contributed by atoms with Crippen molar-refractivity contribution in [2.24, 2.45) is 0 Å². The van der Waals surface area contributed by atoms with E-state index in [2.05, 4.69) is 33.8 Å². The second-order valence-corrected chi connectivity index (χ2v) is 8.57. The van der Waals surface area contributed by atoms with Crippen molar-refractivity contribution < 1.29 is 14.0 Å². The number of nitrogens with zero attached hydrogens (tertiary/aromatic N) is 1. The molecule has 0 spiro atoms. The normalized spacial score (nSPS) is 11.9. The molecule has 1 atom stereocenters. The zero-order chi connectivity index (χ0) is 22.5. The monoisotopic (exact) mass is 450 g/mol. The van der Waals surface area contributed by atoms with Gasteiger partial charge in [0.15, 0.2) is 5.82 Å². The quantitative estimate of drug-likeness (QED) is 0.347. The highest BCUT2D eigenvalue weighted by Crippen LogP contribution is 2.23. The number of fused-ring (bicyclic) bond motifs is 1. The standard InChI is InChI=1S/C24H23FN4O2S/c1-2-4-18(14-19-5-3-12-32-19)26-24(31)16-8-11-21-20(13-16)22(29-28-21)27-23(30)15-6-9-17(25)10-7-15/h3,5-13,18H,2,4,14H2,1H3,(H,26,31)(H2,27,28,29,30). The van der Waals surface area contributed by atoms with Crippen molar-refractivity contribution in [1.82, 2.24) is 15.5 Å². The predicted molar refractivity (Wildman–Crippen MR) is 125 cm³/mol. The second-order valence-electron chi connectivity index (χ2n) is 7.54. The van der Waals surface area contributed by atoms with Gasteiger partial charge in [0.25, 0.3) is 11.8 Å². The summed E-state index contributed by atoms with van der Waals surface area (Å²) in [4.78, 5) is 26.7. The number of carbonyl (C=O) groups excluding carboxylic acids is 2. The number of hydrogen-bond acceptors (Lipinski definition) is 4. The Bertz CT molecular complexity index is 1220. The molecule has 2 amide bonds. The van der Waals surface area contributed by atoms with Crippen molar-refractivity contribution in [3.05, 3.63) is 81.8 Å². The summed E-state index contributed by atoms with van der Waals surface area (Å²) < 4.78 is 13.1. The maximum Gasteiger partial charge on any atom is 0.256 e. The van der Waals surface area contributed by atoms with Crippen LogP contribution in [-0.2, 0) is 6.42 Å². The highest BCUT2D eigenvalue weighted by Gasteiger charge is 2.17. The van der Waals surface area contributed by atoms with Crippen LogP contribution in [0.4, 0.5) is 10.2 Å². The van der Waals surface area contributed by atoms with Gasteiger partial charge in [0, 0.05) is 33.9 Å². The third-order valence-corrected chi connectivity index (χ3v) is 6.06. The first-order valence-electron chi connectivity index (χ1n) is 10.4. The maximum atomic E-state index is 13.1. The van der Waals surface area contributed by atoms with E-state index in [4.69, 9.17) is 0 Å². The summed E-state index contributed by atoms with van der Waals surface area (Å²) in [5.41, 5.74) is 1.50. The van der Waals surface area contributed by atoms with Gasteiger partial charge in [0.1, 0.15) is 5.82 Å². The summed E-state index contributed by atoms with van der Waals surface area (Å²) >= 11 is 1.68. The van der Waals surface area contributed by atoms with Gasteiger partial charge in [-0.3, -0.25) is 14.7 Å². The fraction of sp³-hybridized carbons (Fsp3) is 0.208. The average molecular weight is 451 g/mol. The molecule has 164 valence electrons. The number of aromatic amines is 1. The number of halogens is 1. The first kappa shape index (κ1) is 21.7. The van der Waals surface area contributed by atoms with E-state index in [1.54, 1.807) is 29.5 Å². The lowest BCUT2D eigenvalue weighted by atomic mass is 10.1. The van der Waals surface area contributed by atoms with Gasteiger partial charge in [-0.1, -0.05) is 19.4 Å². The van der Waals surface area contributed by atoms with Crippen molar-refractivity contribution >= 4 is 39.9 Å². The number of rotatable bonds is 8. The molecule has 0 radical (unpaired) electrons. The van der Waals surface area contributed by atoms with Crippen molar-refractivity contribution in [2.75, 3.05) is 5.32 Å². The summed E-state index contributed by atoms with van der Waals surface area (Å²) in [6.07, 6.45) is 2.65. The Balaban J connectivity index is 1.51. The highest BCUT2D eigenvalue weighted by atomic mass is 32.1. The maximum absolute atomic E-state index is 13.1. The van der Waals surface area contributed by atoms with Crippen LogP contribution in [0.5, 0.6) is 0 Å². The molecule has 0 aliphatic rings. The molecule has 4 rings (SSSR count). The number of anilines is 1. The molecular formula is C24H23FN4O2S. The van der Waals surface area contributed by atoms with Gasteiger partial charge < -0.3 is 10.6 Å². The van der Waals surface area contributed by atoms with E-state index in [0.29, 0.717) is 27.8 Å². The summed E-state index contributed by atoms with van der Waals surface area (Å²) in [5.74, 6) is -0.679. The second kappa shape index (κ2) is 9.74. The molecular weight excluding hydrogens is 427 g/mol. The summed E-state index contributed by atoms with van der Waals surface area (Å²) in [5, 5.41) is 15.5. The van der Waals surface area contributed by atoms with Gasteiger partial charge in [-0.2, -0.15) is 5.10 Å². The fourth-order valence-electron chi connectivity index (χ4n) is 3.55. The Morgan fingerprint density at radius 3 is 2.59 bits per heavy atom. The van der Waals surface area contributed by atoms with E-state index in [9.17, 15) is 14.0 Å². The van der Waals surface area contributed by atoms with E-state index in [0.717, 1.165) is 19.3 Å². The van der Waals surface area contributed by atoms with Crippen LogP contribution < -0.4 is 10.6 Å². The Morgan fingerprint density at radius 2 is 1.88 bits per heavy atom. The van der Waals surface area contributed by atoms with Crippen molar-refractivity contribution in [2.45, 2.75) is 32.2 Å². The smallest absolute Gasteiger partial charge is 0.256 e. The zero-order valence-corrected chi connectivity index (χ0v) is 18.3. The Morgan fingerprint density at radius 1 is 1.09 bits per heavy atom. The van der Waals surface area contributed by atoms with Crippen LogP contribution in [0.15, 0.2) is 60.0 Å². The molecule has 2 aromatic heterocycles. The molecule has 32 heavy (non-hydrogen) atoms. The molecule has 0 aliphatic heterocycles. The van der Waals surface area contributed by atoms with Crippen molar-refractivity contribution in [3.8, 4) is 0 Å². The predicted octanol–water partition coefficient (Wildman–Crippen LogP) is 5.16. The molecule has 6 nitrogen and oxygen atoms in total.